The lowest BCUT2D eigenvalue weighted by molar-refractivity contribution is -0.671. The molecule has 3 rings (SSSR count). The molecule has 0 fully saturated rings. The molecule has 0 unspecified atom stereocenters. The van der Waals surface area contributed by atoms with Crippen molar-refractivity contribution >= 4 is 11.9 Å². The van der Waals surface area contributed by atoms with E-state index in [9.17, 15) is 9.59 Å². The Labute approximate surface area is 182 Å². The summed E-state index contributed by atoms with van der Waals surface area (Å²) in [4.78, 5) is 24.1. The summed E-state index contributed by atoms with van der Waals surface area (Å²) >= 11 is 0. The number of ether oxygens (including phenoxy) is 1. The molecule has 7 nitrogen and oxygen atoms in total. The Morgan fingerprint density at radius 2 is 1.77 bits per heavy atom. The molecule has 31 heavy (non-hydrogen) atoms. The number of carbonyl (C=O) groups is 2. The summed E-state index contributed by atoms with van der Waals surface area (Å²) in [5.74, 6) is -0.640. The van der Waals surface area contributed by atoms with E-state index in [1.54, 1.807) is 0 Å². The van der Waals surface area contributed by atoms with E-state index in [0.717, 1.165) is 17.7 Å². The van der Waals surface area contributed by atoms with Gasteiger partial charge < -0.3 is 15.8 Å². The second-order valence-corrected chi connectivity index (χ2v) is 7.58. The fraction of sp³-hybridized carbons (Fsp3) is 0.292. The van der Waals surface area contributed by atoms with Crippen LogP contribution in [0.1, 0.15) is 29.5 Å². The minimum absolute atomic E-state index is 0.104. The molecular formula is C24H29N4O3+. The molecule has 1 amide bonds. The maximum absolute atomic E-state index is 12.2. The number of esters is 1. The van der Waals surface area contributed by atoms with Gasteiger partial charge >= 0.3 is 5.97 Å². The number of nitrogens with one attached hydrogen (secondary N) is 1. The molecule has 2 aromatic carbocycles. The van der Waals surface area contributed by atoms with Gasteiger partial charge in [0.2, 0.25) is 12.2 Å². The average Bonchev–Trinajstić information content (AvgIpc) is 3.20. The molecule has 0 aliphatic heterocycles. The minimum atomic E-state index is -0.752. The maximum Gasteiger partial charge on any atom is 0.306 e. The summed E-state index contributed by atoms with van der Waals surface area (Å²) in [6.45, 7) is 1.41. The lowest BCUT2D eigenvalue weighted by atomic mass is 10.1. The Bertz CT molecular complexity index is 984. The van der Waals surface area contributed by atoms with Gasteiger partial charge in [0.25, 0.3) is 0 Å². The number of hydrogen-bond acceptors (Lipinski definition) is 4. The fourth-order valence-corrected chi connectivity index (χ4v) is 3.10. The lowest BCUT2D eigenvalue weighted by Crippen LogP contribution is -2.40. The van der Waals surface area contributed by atoms with Crippen molar-refractivity contribution in [2.24, 2.45) is 12.8 Å². The Morgan fingerprint density at radius 3 is 2.45 bits per heavy atom. The van der Waals surface area contributed by atoms with E-state index < -0.39 is 6.04 Å². The van der Waals surface area contributed by atoms with Gasteiger partial charge in [0, 0.05) is 13.0 Å². The minimum Gasteiger partial charge on any atom is -0.461 e. The van der Waals surface area contributed by atoms with Gasteiger partial charge in [-0.25, -0.2) is 9.13 Å². The molecule has 7 heteroatoms. The highest BCUT2D eigenvalue weighted by Gasteiger charge is 2.15. The van der Waals surface area contributed by atoms with E-state index in [-0.39, 0.29) is 31.3 Å². The largest absolute Gasteiger partial charge is 0.461 e. The molecule has 1 heterocycles. The Kier molecular flexibility index (Phi) is 7.95. The van der Waals surface area contributed by atoms with E-state index in [1.165, 1.54) is 5.56 Å². The third kappa shape index (κ3) is 7.38. The van der Waals surface area contributed by atoms with Crippen molar-refractivity contribution in [3.05, 3.63) is 90.0 Å². The lowest BCUT2D eigenvalue weighted by Gasteiger charge is -2.12. The van der Waals surface area contributed by atoms with Crippen LogP contribution in [0.5, 0.6) is 0 Å². The van der Waals surface area contributed by atoms with Gasteiger partial charge in [0.05, 0.1) is 13.1 Å². The normalized spacial score (nSPS) is 11.7. The van der Waals surface area contributed by atoms with Crippen molar-refractivity contribution in [1.29, 1.82) is 0 Å². The molecule has 0 saturated carbocycles. The Morgan fingerprint density at radius 1 is 1.06 bits per heavy atom. The van der Waals surface area contributed by atoms with Crippen molar-refractivity contribution < 1.29 is 18.9 Å². The molecule has 3 aromatic rings. The predicted octanol–water partition coefficient (Wildman–Crippen LogP) is 1.83. The van der Waals surface area contributed by atoms with Crippen LogP contribution in [0.15, 0.2) is 73.3 Å². The first-order valence-corrected chi connectivity index (χ1v) is 10.3. The highest BCUT2D eigenvalue weighted by molar-refractivity contribution is 5.82. The fourth-order valence-electron chi connectivity index (χ4n) is 3.10. The first kappa shape index (κ1) is 22.2. The Balaban J connectivity index is 1.36. The number of aromatic nitrogens is 2. The highest BCUT2D eigenvalue weighted by Crippen LogP contribution is 2.07. The van der Waals surface area contributed by atoms with E-state index in [4.69, 9.17) is 10.5 Å². The standard InChI is InChI=1S/C24H28N4O3/c1-27-13-14-28(18-27)16-20-9-7-19(8-10-20)15-26-24(30)22(25)11-12-23(29)31-17-21-5-3-2-4-6-21/h2-10,13-14,18,22H,11-12,15-17,25H2,1H3/p+1/t22-/m0/s1. The van der Waals surface area contributed by atoms with Crippen LogP contribution in [0.4, 0.5) is 0 Å². The second-order valence-electron chi connectivity index (χ2n) is 7.58. The van der Waals surface area contributed by atoms with Crippen LogP contribution in [0.2, 0.25) is 0 Å². The zero-order chi connectivity index (χ0) is 22.1. The zero-order valence-corrected chi connectivity index (χ0v) is 17.7. The molecule has 3 N–H and O–H groups in total. The Hall–Kier alpha value is -3.45. The van der Waals surface area contributed by atoms with Gasteiger partial charge in [-0.05, 0) is 23.1 Å². The number of carbonyl (C=O) groups excluding carboxylic acids is 2. The van der Waals surface area contributed by atoms with Crippen LogP contribution in [-0.4, -0.2) is 22.5 Å². The van der Waals surface area contributed by atoms with Gasteiger partial charge in [-0.15, -0.1) is 0 Å². The maximum atomic E-state index is 12.2. The van der Waals surface area contributed by atoms with Crippen molar-refractivity contribution in [1.82, 2.24) is 9.88 Å². The van der Waals surface area contributed by atoms with E-state index in [1.807, 2.05) is 84.9 Å². The second kappa shape index (κ2) is 11.1. The topological polar surface area (TPSA) is 90.2 Å². The van der Waals surface area contributed by atoms with Crippen LogP contribution in [0.25, 0.3) is 0 Å². The zero-order valence-electron chi connectivity index (χ0n) is 17.7. The quantitative estimate of drug-likeness (QED) is 0.386. The van der Waals surface area contributed by atoms with Gasteiger partial charge in [-0.3, -0.25) is 9.59 Å². The van der Waals surface area contributed by atoms with Gasteiger partial charge in [-0.1, -0.05) is 54.6 Å². The summed E-state index contributed by atoms with van der Waals surface area (Å²) in [5.41, 5.74) is 9.02. The first-order chi connectivity index (χ1) is 15.0. The van der Waals surface area contributed by atoms with E-state index >= 15 is 0 Å². The van der Waals surface area contributed by atoms with E-state index in [0.29, 0.717) is 6.54 Å². The molecular weight excluding hydrogens is 392 g/mol. The van der Waals surface area contributed by atoms with Crippen LogP contribution in [-0.2, 0) is 41.1 Å². The van der Waals surface area contributed by atoms with Crippen molar-refractivity contribution in [3.8, 4) is 0 Å². The first-order valence-electron chi connectivity index (χ1n) is 10.3. The van der Waals surface area contributed by atoms with Crippen molar-refractivity contribution in [2.75, 3.05) is 0 Å². The third-order valence-electron chi connectivity index (χ3n) is 4.92. The SMILES string of the molecule is C[n+]1ccn(Cc2ccc(CNC(=O)[C@@H](N)CCC(=O)OCc3ccccc3)cc2)c1. The average molecular weight is 422 g/mol. The predicted molar refractivity (Wildman–Crippen MR) is 116 cm³/mol. The molecule has 0 saturated heterocycles. The smallest absolute Gasteiger partial charge is 0.306 e. The number of nitrogens with zero attached hydrogens (tertiary/aromatic N) is 2. The third-order valence-corrected chi connectivity index (χ3v) is 4.92. The number of aryl methyl sites for hydroxylation is 1. The number of hydrogen-bond donors (Lipinski definition) is 2. The number of amides is 1. The molecule has 0 radical (unpaired) electrons. The molecule has 1 aromatic heterocycles. The summed E-state index contributed by atoms with van der Waals surface area (Å²) < 4.78 is 9.31. The van der Waals surface area contributed by atoms with Crippen LogP contribution in [0.3, 0.4) is 0 Å². The van der Waals surface area contributed by atoms with E-state index in [2.05, 4.69) is 9.88 Å². The summed E-state index contributed by atoms with van der Waals surface area (Å²) in [6.07, 6.45) is 6.38. The van der Waals surface area contributed by atoms with Gasteiger partial charge in [0.1, 0.15) is 25.5 Å². The molecule has 0 aliphatic rings. The number of benzene rings is 2. The number of nitrogens with two attached hydrogens (primary N) is 1. The van der Waals surface area contributed by atoms with Crippen LogP contribution < -0.4 is 15.6 Å². The summed E-state index contributed by atoms with van der Waals surface area (Å²) in [6, 6.07) is 16.8. The van der Waals surface area contributed by atoms with Crippen LogP contribution in [0, 0.1) is 0 Å². The van der Waals surface area contributed by atoms with Gasteiger partial charge in [-0.2, -0.15) is 0 Å². The van der Waals surface area contributed by atoms with Gasteiger partial charge in [0.15, 0.2) is 0 Å². The molecule has 1 atom stereocenters. The van der Waals surface area contributed by atoms with Crippen molar-refractivity contribution in [2.45, 2.75) is 38.6 Å². The highest BCUT2D eigenvalue weighted by atomic mass is 16.5. The van der Waals surface area contributed by atoms with Crippen LogP contribution >= 0.6 is 0 Å². The monoisotopic (exact) mass is 421 g/mol. The number of imidazole rings is 1. The number of rotatable bonds is 10. The molecule has 0 bridgehead atoms. The van der Waals surface area contributed by atoms with Crippen molar-refractivity contribution in [3.63, 3.8) is 0 Å². The summed E-state index contributed by atoms with van der Waals surface area (Å²) in [7, 11) is 1.99. The molecule has 0 spiro atoms. The summed E-state index contributed by atoms with van der Waals surface area (Å²) in [5, 5.41) is 2.83. The molecule has 0 aliphatic carbocycles. The molecule has 162 valence electrons.